The summed E-state index contributed by atoms with van der Waals surface area (Å²) < 4.78 is 6.36. The lowest BCUT2D eigenvalue weighted by atomic mass is 10.1. The molecule has 148 valence electrons. The first-order chi connectivity index (χ1) is 12.7. The van der Waals surface area contributed by atoms with Crippen LogP contribution in [0.25, 0.3) is 0 Å². The lowest BCUT2D eigenvalue weighted by Crippen LogP contribution is -2.43. The van der Waals surface area contributed by atoms with Gasteiger partial charge in [0, 0.05) is 6.42 Å². The van der Waals surface area contributed by atoms with Crippen molar-refractivity contribution in [2.75, 3.05) is 6.54 Å². The van der Waals surface area contributed by atoms with Crippen LogP contribution in [-0.2, 0) is 12.8 Å². The average Bonchev–Trinajstić information content (AvgIpc) is 3.26. The highest BCUT2D eigenvalue weighted by Gasteiger charge is 2.38. The standard InChI is InChI=1S/C21H33N3OSSi/c1-21(2,3)27(4,5)25-17-13-11-16(12-14-17)8-6-10-19-23-24-20(26-19)18-9-7-15-22-18/h11-14,18,22H,6-10,15H2,1-5H3. The summed E-state index contributed by atoms with van der Waals surface area (Å²) in [6, 6.07) is 9.10. The topological polar surface area (TPSA) is 47.0 Å². The van der Waals surface area contributed by atoms with Crippen molar-refractivity contribution in [3.8, 4) is 5.75 Å². The predicted octanol–water partition coefficient (Wildman–Crippen LogP) is 5.52. The molecule has 2 heterocycles. The maximum absolute atomic E-state index is 6.36. The summed E-state index contributed by atoms with van der Waals surface area (Å²) in [6.45, 7) is 12.5. The maximum atomic E-state index is 6.36. The van der Waals surface area contributed by atoms with E-state index < -0.39 is 8.32 Å². The van der Waals surface area contributed by atoms with E-state index in [-0.39, 0.29) is 5.04 Å². The van der Waals surface area contributed by atoms with Gasteiger partial charge < -0.3 is 9.74 Å². The Hall–Kier alpha value is -1.24. The molecule has 0 spiro atoms. The van der Waals surface area contributed by atoms with Gasteiger partial charge in [0.05, 0.1) is 6.04 Å². The minimum atomic E-state index is -1.76. The zero-order valence-corrected chi connectivity index (χ0v) is 19.2. The molecule has 0 radical (unpaired) electrons. The number of rotatable bonds is 7. The van der Waals surface area contributed by atoms with Crippen LogP contribution in [0.15, 0.2) is 24.3 Å². The summed E-state index contributed by atoms with van der Waals surface area (Å²) in [4.78, 5) is 0. The molecule has 1 atom stereocenters. The van der Waals surface area contributed by atoms with Crippen molar-refractivity contribution in [3.63, 3.8) is 0 Å². The van der Waals surface area contributed by atoms with Gasteiger partial charge in [-0.3, -0.25) is 0 Å². The molecule has 6 heteroatoms. The maximum Gasteiger partial charge on any atom is 0.250 e. The number of hydrogen-bond acceptors (Lipinski definition) is 5. The van der Waals surface area contributed by atoms with Gasteiger partial charge in [-0.25, -0.2) is 0 Å². The molecule has 1 aromatic heterocycles. The van der Waals surface area contributed by atoms with Gasteiger partial charge in [-0.15, -0.1) is 10.2 Å². The van der Waals surface area contributed by atoms with E-state index in [0.717, 1.165) is 41.6 Å². The molecule has 3 rings (SSSR count). The highest BCUT2D eigenvalue weighted by molar-refractivity contribution is 7.11. The third-order valence-corrected chi connectivity index (χ3v) is 11.3. The summed E-state index contributed by atoms with van der Waals surface area (Å²) in [6.07, 6.45) is 5.62. The van der Waals surface area contributed by atoms with Crippen molar-refractivity contribution in [1.82, 2.24) is 15.5 Å². The SMILES string of the molecule is CC(C)(C)[Si](C)(C)Oc1ccc(CCCc2nnc(C3CCCN3)s2)cc1. The second kappa shape index (κ2) is 8.41. The van der Waals surface area contributed by atoms with Crippen LogP contribution in [0.3, 0.4) is 0 Å². The lowest BCUT2D eigenvalue weighted by Gasteiger charge is -2.36. The van der Waals surface area contributed by atoms with E-state index in [4.69, 9.17) is 4.43 Å². The van der Waals surface area contributed by atoms with Crippen molar-refractivity contribution in [2.45, 2.75) is 77.0 Å². The van der Waals surface area contributed by atoms with Gasteiger partial charge in [-0.2, -0.15) is 0 Å². The minimum Gasteiger partial charge on any atom is -0.544 e. The second-order valence-corrected chi connectivity index (χ2v) is 14.9. The number of nitrogens with zero attached hydrogens (tertiary/aromatic N) is 2. The monoisotopic (exact) mass is 403 g/mol. The van der Waals surface area contributed by atoms with E-state index in [2.05, 4.69) is 73.6 Å². The minimum absolute atomic E-state index is 0.223. The van der Waals surface area contributed by atoms with Crippen LogP contribution in [0, 0.1) is 0 Å². The zero-order valence-electron chi connectivity index (χ0n) is 17.3. The van der Waals surface area contributed by atoms with Crippen LogP contribution < -0.4 is 9.74 Å². The molecule has 4 nitrogen and oxygen atoms in total. The van der Waals surface area contributed by atoms with Crippen LogP contribution in [0.1, 0.15) is 61.7 Å². The van der Waals surface area contributed by atoms with Gasteiger partial charge in [-0.05, 0) is 68.1 Å². The lowest BCUT2D eigenvalue weighted by molar-refractivity contribution is 0.492. The number of aromatic nitrogens is 2. The Balaban J connectivity index is 1.48. The molecule has 1 unspecified atom stereocenters. The Bertz CT molecular complexity index is 731. The molecule has 0 aliphatic carbocycles. The summed E-state index contributed by atoms with van der Waals surface area (Å²) in [5.74, 6) is 1.00. The van der Waals surface area contributed by atoms with E-state index in [9.17, 15) is 0 Å². The molecule has 0 bridgehead atoms. The van der Waals surface area contributed by atoms with Crippen LogP contribution in [0.5, 0.6) is 5.75 Å². The Labute approximate surface area is 168 Å². The summed E-state index contributed by atoms with van der Waals surface area (Å²) in [5.41, 5.74) is 1.36. The van der Waals surface area contributed by atoms with Crippen LogP contribution in [0.2, 0.25) is 18.1 Å². The number of aryl methyl sites for hydroxylation is 2. The van der Waals surface area contributed by atoms with Gasteiger partial charge in [0.15, 0.2) is 0 Å². The van der Waals surface area contributed by atoms with Gasteiger partial charge in [-0.1, -0.05) is 44.2 Å². The van der Waals surface area contributed by atoms with Crippen LogP contribution in [0.4, 0.5) is 0 Å². The largest absolute Gasteiger partial charge is 0.544 e. The van der Waals surface area contributed by atoms with Gasteiger partial charge >= 0.3 is 0 Å². The number of benzene rings is 1. The number of nitrogens with one attached hydrogen (secondary N) is 1. The molecule has 1 aliphatic heterocycles. The van der Waals surface area contributed by atoms with E-state index in [1.54, 1.807) is 11.3 Å². The van der Waals surface area contributed by atoms with Gasteiger partial charge in [0.1, 0.15) is 15.8 Å². The molecular formula is C21H33N3OSSi. The Morgan fingerprint density at radius 2 is 1.89 bits per heavy atom. The van der Waals surface area contributed by atoms with Crippen LogP contribution in [-0.4, -0.2) is 25.1 Å². The summed E-state index contributed by atoms with van der Waals surface area (Å²) in [7, 11) is -1.76. The van der Waals surface area contributed by atoms with Crippen LogP contribution >= 0.6 is 11.3 Å². The Morgan fingerprint density at radius 1 is 1.15 bits per heavy atom. The third kappa shape index (κ3) is 5.39. The predicted molar refractivity (Wildman–Crippen MR) is 116 cm³/mol. The molecule has 1 aliphatic rings. The summed E-state index contributed by atoms with van der Waals surface area (Å²) in [5, 5.41) is 14.8. The molecular weight excluding hydrogens is 370 g/mol. The van der Waals surface area contributed by atoms with E-state index >= 15 is 0 Å². The fraction of sp³-hybridized carbons (Fsp3) is 0.619. The van der Waals surface area contributed by atoms with Crippen molar-refractivity contribution in [2.24, 2.45) is 0 Å². The molecule has 1 fully saturated rings. The molecule has 0 amide bonds. The Kier molecular flexibility index (Phi) is 6.38. The highest BCUT2D eigenvalue weighted by Crippen LogP contribution is 2.37. The fourth-order valence-electron chi connectivity index (χ4n) is 3.02. The molecule has 1 aromatic carbocycles. The first-order valence-corrected chi connectivity index (χ1v) is 13.8. The van der Waals surface area contributed by atoms with Gasteiger partial charge in [0.2, 0.25) is 8.32 Å². The quantitative estimate of drug-likeness (QED) is 0.618. The van der Waals surface area contributed by atoms with Gasteiger partial charge in [0.25, 0.3) is 0 Å². The molecule has 1 saturated heterocycles. The smallest absolute Gasteiger partial charge is 0.250 e. The second-order valence-electron chi connectivity index (χ2n) is 9.04. The first-order valence-electron chi connectivity index (χ1n) is 10.1. The van der Waals surface area contributed by atoms with E-state index in [1.807, 2.05) is 0 Å². The molecule has 1 N–H and O–H groups in total. The molecule has 2 aromatic rings. The first kappa shape index (κ1) is 20.5. The van der Waals surface area contributed by atoms with Crippen molar-refractivity contribution < 1.29 is 4.43 Å². The third-order valence-electron chi connectivity index (χ3n) is 5.80. The highest BCUT2D eigenvalue weighted by atomic mass is 32.1. The van der Waals surface area contributed by atoms with E-state index in [1.165, 1.54) is 18.4 Å². The van der Waals surface area contributed by atoms with Crippen molar-refractivity contribution in [3.05, 3.63) is 39.8 Å². The normalized spacial score (nSPS) is 18.0. The molecule has 0 saturated carbocycles. The molecule has 27 heavy (non-hydrogen) atoms. The average molecular weight is 404 g/mol. The fourth-order valence-corrected chi connectivity index (χ4v) is 5.05. The zero-order chi connectivity index (χ0) is 19.5. The number of hydrogen-bond donors (Lipinski definition) is 1. The van der Waals surface area contributed by atoms with Crippen molar-refractivity contribution >= 4 is 19.7 Å². The summed E-state index contributed by atoms with van der Waals surface area (Å²) >= 11 is 1.78. The van der Waals surface area contributed by atoms with Crippen molar-refractivity contribution in [1.29, 1.82) is 0 Å². The Morgan fingerprint density at radius 3 is 2.52 bits per heavy atom. The van der Waals surface area contributed by atoms with E-state index in [0.29, 0.717) is 6.04 Å².